The summed E-state index contributed by atoms with van der Waals surface area (Å²) in [4.78, 5) is 23.0. The van der Waals surface area contributed by atoms with Crippen molar-refractivity contribution in [3.8, 4) is 0 Å². The molecule has 1 aliphatic carbocycles. The third-order valence-corrected chi connectivity index (χ3v) is 3.84. The van der Waals surface area contributed by atoms with Gasteiger partial charge in [-0.3, -0.25) is 9.59 Å². The smallest absolute Gasteiger partial charge is 0.307 e. The van der Waals surface area contributed by atoms with Crippen molar-refractivity contribution >= 4 is 11.9 Å². The highest BCUT2D eigenvalue weighted by Gasteiger charge is 2.41. The highest BCUT2D eigenvalue weighted by atomic mass is 16.5. The molecule has 1 unspecified atom stereocenters. The Morgan fingerprint density at radius 3 is 2.60 bits per heavy atom. The fraction of sp³-hybridized carbons (Fsp3) is 0.750. The van der Waals surface area contributed by atoms with Gasteiger partial charge in [0, 0.05) is 0 Å². The summed E-state index contributed by atoms with van der Waals surface area (Å²) in [6.07, 6.45) is 5.87. The van der Waals surface area contributed by atoms with Crippen LogP contribution in [-0.4, -0.2) is 23.1 Å². The highest BCUT2D eigenvalue weighted by molar-refractivity contribution is 5.79. The molecule has 1 N–H and O–H groups in total. The number of esters is 1. The normalized spacial score (nSPS) is 22.9. The third-order valence-electron chi connectivity index (χ3n) is 3.84. The van der Waals surface area contributed by atoms with Gasteiger partial charge in [0.05, 0.1) is 12.3 Å². The molecule has 0 bridgehead atoms. The number of hydrogen-bond donors (Lipinski definition) is 1. The summed E-state index contributed by atoms with van der Waals surface area (Å²) >= 11 is 0. The number of aliphatic carboxylic acids is 1. The van der Waals surface area contributed by atoms with Crippen LogP contribution in [0.5, 0.6) is 0 Å². The molecule has 0 spiro atoms. The van der Waals surface area contributed by atoms with Crippen LogP contribution in [-0.2, 0) is 14.3 Å². The van der Waals surface area contributed by atoms with Crippen molar-refractivity contribution in [2.24, 2.45) is 17.3 Å². The van der Waals surface area contributed by atoms with Crippen molar-refractivity contribution in [3.63, 3.8) is 0 Å². The number of rotatable bonds is 8. The van der Waals surface area contributed by atoms with Gasteiger partial charge in [-0.25, -0.2) is 0 Å². The van der Waals surface area contributed by atoms with E-state index in [2.05, 4.69) is 6.58 Å². The van der Waals surface area contributed by atoms with Gasteiger partial charge in [-0.15, -0.1) is 6.58 Å². The zero-order valence-electron chi connectivity index (χ0n) is 12.7. The van der Waals surface area contributed by atoms with Crippen LogP contribution >= 0.6 is 0 Å². The Morgan fingerprint density at radius 1 is 1.45 bits per heavy atom. The summed E-state index contributed by atoms with van der Waals surface area (Å²) in [6.45, 7) is 9.16. The molecule has 1 rings (SSSR count). The van der Waals surface area contributed by atoms with E-state index < -0.39 is 17.3 Å². The fourth-order valence-electron chi connectivity index (χ4n) is 2.34. The Kier molecular flexibility index (Phi) is 5.78. The maximum Gasteiger partial charge on any atom is 0.307 e. The number of carbonyl (C=O) groups is 2. The van der Waals surface area contributed by atoms with Crippen LogP contribution in [0.4, 0.5) is 0 Å². The minimum atomic E-state index is -0.937. The molecule has 0 radical (unpaired) electrons. The lowest BCUT2D eigenvalue weighted by atomic mass is 9.79. The molecule has 0 aromatic carbocycles. The standard InChI is InChI=1S/C16H26O4/c1-5-6-7-8-11-9-13(11)20-14(17)10-12(15(18)19)16(2,3)4/h5,11-13H,1,6-10H2,2-4H3,(H,18,19)/t11?,12-,13-/m1/s1. The second-order valence-corrected chi connectivity index (χ2v) is 6.70. The SMILES string of the molecule is C=CCCCC1C[C@H]1OC(=O)C[C@H](C(=O)O)C(C)(C)C. The molecule has 114 valence electrons. The predicted molar refractivity (Wildman–Crippen MR) is 77.2 cm³/mol. The molecule has 4 heteroatoms. The number of carbonyl (C=O) groups excluding carboxylic acids is 1. The van der Waals surface area contributed by atoms with Crippen LogP contribution < -0.4 is 0 Å². The van der Waals surface area contributed by atoms with Gasteiger partial charge in [-0.05, 0) is 37.0 Å². The number of carboxylic acids is 1. The van der Waals surface area contributed by atoms with Crippen LogP contribution in [0.25, 0.3) is 0 Å². The minimum Gasteiger partial charge on any atom is -0.481 e. The first kappa shape index (κ1) is 16.7. The Morgan fingerprint density at radius 2 is 2.10 bits per heavy atom. The molecule has 4 nitrogen and oxygen atoms in total. The molecular formula is C16H26O4. The van der Waals surface area contributed by atoms with Crippen molar-refractivity contribution in [3.05, 3.63) is 12.7 Å². The van der Waals surface area contributed by atoms with E-state index in [1.165, 1.54) is 0 Å². The molecule has 0 aliphatic heterocycles. The van der Waals surface area contributed by atoms with Gasteiger partial charge in [0.2, 0.25) is 0 Å². The monoisotopic (exact) mass is 282 g/mol. The lowest BCUT2D eigenvalue weighted by Crippen LogP contribution is -2.31. The predicted octanol–water partition coefficient (Wildman–Crippen LogP) is 3.41. The first-order valence-corrected chi connectivity index (χ1v) is 7.29. The van der Waals surface area contributed by atoms with Gasteiger partial charge >= 0.3 is 11.9 Å². The van der Waals surface area contributed by atoms with Crippen LogP contribution in [0.2, 0.25) is 0 Å². The van der Waals surface area contributed by atoms with Crippen molar-refractivity contribution < 1.29 is 19.4 Å². The van der Waals surface area contributed by atoms with Crippen LogP contribution in [0.1, 0.15) is 52.9 Å². The van der Waals surface area contributed by atoms with Gasteiger partial charge in [-0.2, -0.15) is 0 Å². The maximum atomic E-state index is 11.8. The third kappa shape index (κ3) is 5.35. The van der Waals surface area contributed by atoms with Crippen LogP contribution in [0.15, 0.2) is 12.7 Å². The van der Waals surface area contributed by atoms with Gasteiger partial charge in [-0.1, -0.05) is 26.8 Å². The largest absolute Gasteiger partial charge is 0.481 e. The van der Waals surface area contributed by atoms with E-state index in [1.54, 1.807) is 0 Å². The summed E-state index contributed by atoms with van der Waals surface area (Å²) in [7, 11) is 0. The van der Waals surface area contributed by atoms with E-state index in [4.69, 9.17) is 4.74 Å². The highest BCUT2D eigenvalue weighted by Crippen LogP contribution is 2.39. The maximum absolute atomic E-state index is 11.8. The van der Waals surface area contributed by atoms with E-state index in [0.29, 0.717) is 5.92 Å². The first-order chi connectivity index (χ1) is 9.25. The molecule has 1 fully saturated rings. The van der Waals surface area contributed by atoms with Crippen molar-refractivity contribution in [1.29, 1.82) is 0 Å². The molecular weight excluding hydrogens is 256 g/mol. The Hall–Kier alpha value is -1.32. The van der Waals surface area contributed by atoms with Crippen molar-refractivity contribution in [2.45, 2.75) is 59.0 Å². The molecule has 0 aromatic heterocycles. The van der Waals surface area contributed by atoms with Crippen molar-refractivity contribution in [2.75, 3.05) is 0 Å². The van der Waals surface area contributed by atoms with E-state index in [0.717, 1.165) is 25.7 Å². The van der Waals surface area contributed by atoms with Crippen molar-refractivity contribution in [1.82, 2.24) is 0 Å². The summed E-state index contributed by atoms with van der Waals surface area (Å²) in [6, 6.07) is 0. The molecule has 1 saturated carbocycles. The summed E-state index contributed by atoms with van der Waals surface area (Å²) < 4.78 is 5.35. The van der Waals surface area contributed by atoms with E-state index in [-0.39, 0.29) is 18.5 Å². The van der Waals surface area contributed by atoms with E-state index in [1.807, 2.05) is 26.8 Å². The van der Waals surface area contributed by atoms with Gasteiger partial charge < -0.3 is 9.84 Å². The van der Waals surface area contributed by atoms with Gasteiger partial charge in [0.15, 0.2) is 0 Å². The quantitative estimate of drug-likeness (QED) is 0.421. The molecule has 20 heavy (non-hydrogen) atoms. The van der Waals surface area contributed by atoms with E-state index in [9.17, 15) is 14.7 Å². The lowest BCUT2D eigenvalue weighted by Gasteiger charge is -2.26. The number of unbranched alkanes of at least 4 members (excludes halogenated alkanes) is 1. The molecule has 1 aliphatic rings. The molecule has 0 aromatic rings. The topological polar surface area (TPSA) is 63.6 Å². The number of carboxylic acid groups (broad SMARTS) is 1. The molecule has 0 amide bonds. The Labute approximate surface area is 121 Å². The molecule has 0 saturated heterocycles. The van der Waals surface area contributed by atoms with E-state index >= 15 is 0 Å². The molecule has 0 heterocycles. The number of allylic oxidation sites excluding steroid dienone is 1. The second-order valence-electron chi connectivity index (χ2n) is 6.70. The summed E-state index contributed by atoms with van der Waals surface area (Å²) in [5.74, 6) is -1.57. The summed E-state index contributed by atoms with van der Waals surface area (Å²) in [5, 5.41) is 9.19. The zero-order chi connectivity index (χ0) is 15.3. The summed E-state index contributed by atoms with van der Waals surface area (Å²) in [5.41, 5.74) is -0.447. The minimum absolute atomic E-state index is 0.00160. The van der Waals surface area contributed by atoms with Gasteiger partial charge in [0.1, 0.15) is 6.10 Å². The number of ether oxygens (including phenoxy) is 1. The van der Waals surface area contributed by atoms with Crippen LogP contribution in [0.3, 0.4) is 0 Å². The van der Waals surface area contributed by atoms with Gasteiger partial charge in [0.25, 0.3) is 0 Å². The fourth-order valence-corrected chi connectivity index (χ4v) is 2.34. The zero-order valence-corrected chi connectivity index (χ0v) is 12.7. The first-order valence-electron chi connectivity index (χ1n) is 7.29. The van der Waals surface area contributed by atoms with Crippen LogP contribution in [0, 0.1) is 17.3 Å². The average molecular weight is 282 g/mol. The average Bonchev–Trinajstić information content (AvgIpc) is 3.03. The number of hydrogen-bond acceptors (Lipinski definition) is 3. The molecule has 3 atom stereocenters. The lowest BCUT2D eigenvalue weighted by molar-refractivity contribution is -0.156. The Balaban J connectivity index is 2.34. The Bertz CT molecular complexity index is 367. The second kappa shape index (κ2) is 6.91.